The molecule has 2 aromatic carbocycles. The summed E-state index contributed by atoms with van der Waals surface area (Å²) in [5, 5.41) is 4.27. The highest BCUT2D eigenvalue weighted by molar-refractivity contribution is 7.99. The molecule has 1 nitrogen and oxygen atoms in total. The Bertz CT molecular complexity index is 593. The Balaban J connectivity index is 2.12. The predicted molar refractivity (Wildman–Crippen MR) is 82.1 cm³/mol. The van der Waals surface area contributed by atoms with Crippen LogP contribution in [0.15, 0.2) is 47.4 Å². The van der Waals surface area contributed by atoms with E-state index in [0.717, 1.165) is 5.56 Å². The van der Waals surface area contributed by atoms with Gasteiger partial charge < -0.3 is 5.32 Å². The fraction of sp³-hybridized carbons (Fsp3) is 0.143. The van der Waals surface area contributed by atoms with E-state index < -0.39 is 5.76 Å². The van der Waals surface area contributed by atoms with Crippen LogP contribution in [-0.2, 0) is 6.54 Å². The first-order chi connectivity index (χ1) is 9.56. The smallest absolute Gasteiger partial charge is 0.288 e. The molecule has 0 aliphatic carbocycles. The molecule has 0 heterocycles. The van der Waals surface area contributed by atoms with Crippen LogP contribution < -0.4 is 5.32 Å². The maximum absolute atomic E-state index is 12.5. The minimum absolute atomic E-state index is 0.417. The van der Waals surface area contributed by atoms with Crippen molar-refractivity contribution in [3.8, 4) is 0 Å². The van der Waals surface area contributed by atoms with Gasteiger partial charge in [0.25, 0.3) is 5.76 Å². The predicted octanol–water partition coefficient (Wildman–Crippen LogP) is 5.92. The van der Waals surface area contributed by atoms with Crippen molar-refractivity contribution in [1.82, 2.24) is 0 Å². The van der Waals surface area contributed by atoms with Gasteiger partial charge in [-0.2, -0.15) is 8.78 Å². The van der Waals surface area contributed by atoms with Crippen LogP contribution in [0, 0.1) is 0 Å². The molecule has 0 aliphatic heterocycles. The van der Waals surface area contributed by atoms with Crippen molar-refractivity contribution in [1.29, 1.82) is 0 Å². The summed E-state index contributed by atoms with van der Waals surface area (Å²) in [4.78, 5) is 0.501. The van der Waals surface area contributed by atoms with E-state index in [4.69, 9.17) is 23.2 Å². The number of alkyl halides is 2. The van der Waals surface area contributed by atoms with E-state index in [1.165, 1.54) is 0 Å². The highest BCUT2D eigenvalue weighted by atomic mass is 35.5. The van der Waals surface area contributed by atoms with Gasteiger partial charge in [-0.15, -0.1) is 0 Å². The quantitative estimate of drug-likeness (QED) is 0.681. The van der Waals surface area contributed by atoms with Gasteiger partial charge >= 0.3 is 0 Å². The number of hydrogen-bond donors (Lipinski definition) is 1. The highest BCUT2D eigenvalue weighted by Gasteiger charge is 2.10. The van der Waals surface area contributed by atoms with Crippen LogP contribution in [-0.4, -0.2) is 5.76 Å². The Morgan fingerprint density at radius 2 is 1.85 bits per heavy atom. The van der Waals surface area contributed by atoms with Crippen LogP contribution in [0.4, 0.5) is 14.5 Å². The summed E-state index contributed by atoms with van der Waals surface area (Å²) in [6.45, 7) is 0.417. The van der Waals surface area contributed by atoms with Gasteiger partial charge in [0.05, 0.1) is 0 Å². The van der Waals surface area contributed by atoms with Crippen molar-refractivity contribution in [2.24, 2.45) is 0 Å². The largest absolute Gasteiger partial charge is 0.380 e. The lowest BCUT2D eigenvalue weighted by atomic mass is 10.2. The fourth-order valence-electron chi connectivity index (χ4n) is 1.68. The number of rotatable bonds is 5. The Kier molecular flexibility index (Phi) is 5.52. The van der Waals surface area contributed by atoms with Crippen molar-refractivity contribution in [2.75, 3.05) is 5.32 Å². The second-order valence-electron chi connectivity index (χ2n) is 3.96. The number of para-hydroxylation sites is 1. The van der Waals surface area contributed by atoms with E-state index >= 15 is 0 Å². The Hall–Kier alpha value is -0.970. The number of nitrogens with one attached hydrogen (secondary N) is 1. The molecule has 0 bridgehead atoms. The molecule has 0 aromatic heterocycles. The molecule has 0 spiro atoms. The van der Waals surface area contributed by atoms with E-state index in [1.54, 1.807) is 42.5 Å². The molecule has 2 rings (SSSR count). The standard InChI is InChI=1S/C14H11Cl2F2NS/c15-10-5-6-11(16)9(7-10)8-19-12-3-1-2-4-13(12)20-14(17)18/h1-7,14,19H,8H2. The molecule has 20 heavy (non-hydrogen) atoms. The topological polar surface area (TPSA) is 12.0 Å². The van der Waals surface area contributed by atoms with Crippen LogP contribution in [0.25, 0.3) is 0 Å². The van der Waals surface area contributed by atoms with Crippen LogP contribution in [0.5, 0.6) is 0 Å². The van der Waals surface area contributed by atoms with E-state index in [-0.39, 0.29) is 0 Å². The molecule has 0 fully saturated rings. The molecule has 0 aliphatic rings. The lowest BCUT2D eigenvalue weighted by molar-refractivity contribution is 0.252. The van der Waals surface area contributed by atoms with Gasteiger partial charge in [-0.3, -0.25) is 0 Å². The molecule has 0 atom stereocenters. The third-order valence-corrected chi connectivity index (χ3v) is 3.97. The SMILES string of the molecule is FC(F)Sc1ccccc1NCc1cc(Cl)ccc1Cl. The van der Waals surface area contributed by atoms with E-state index in [9.17, 15) is 8.78 Å². The molecule has 0 saturated carbocycles. The average Bonchev–Trinajstić information content (AvgIpc) is 2.41. The normalized spacial score (nSPS) is 10.8. The van der Waals surface area contributed by atoms with Crippen molar-refractivity contribution in [3.63, 3.8) is 0 Å². The molecule has 0 radical (unpaired) electrons. The monoisotopic (exact) mass is 333 g/mol. The number of anilines is 1. The number of benzene rings is 2. The minimum Gasteiger partial charge on any atom is -0.380 e. The maximum Gasteiger partial charge on any atom is 0.288 e. The van der Waals surface area contributed by atoms with Crippen molar-refractivity contribution >= 4 is 40.7 Å². The Morgan fingerprint density at radius 3 is 2.60 bits per heavy atom. The first-order valence-electron chi connectivity index (χ1n) is 5.78. The number of halogens is 4. The summed E-state index contributed by atoms with van der Waals surface area (Å²) in [5.74, 6) is -2.45. The Morgan fingerprint density at radius 1 is 1.10 bits per heavy atom. The van der Waals surface area contributed by atoms with E-state index in [0.29, 0.717) is 38.9 Å². The van der Waals surface area contributed by atoms with Crippen LogP contribution in [0.2, 0.25) is 10.0 Å². The number of thioether (sulfide) groups is 1. The molecule has 1 N–H and O–H groups in total. The third kappa shape index (κ3) is 4.27. The second-order valence-corrected chi connectivity index (χ2v) is 5.84. The van der Waals surface area contributed by atoms with Gasteiger partial charge in [0.2, 0.25) is 0 Å². The zero-order valence-electron chi connectivity index (χ0n) is 10.2. The molecular formula is C14H11Cl2F2NS. The van der Waals surface area contributed by atoms with Gasteiger partial charge in [0.15, 0.2) is 0 Å². The van der Waals surface area contributed by atoms with Gasteiger partial charge in [-0.05, 0) is 35.9 Å². The van der Waals surface area contributed by atoms with E-state index in [2.05, 4.69) is 5.32 Å². The first-order valence-corrected chi connectivity index (χ1v) is 7.41. The fourth-order valence-corrected chi connectivity index (χ4v) is 2.68. The zero-order valence-corrected chi connectivity index (χ0v) is 12.6. The minimum atomic E-state index is -2.45. The van der Waals surface area contributed by atoms with Crippen LogP contribution >= 0.6 is 35.0 Å². The van der Waals surface area contributed by atoms with Crippen LogP contribution in [0.1, 0.15) is 5.56 Å². The number of hydrogen-bond acceptors (Lipinski definition) is 2. The van der Waals surface area contributed by atoms with Gasteiger partial charge in [-0.1, -0.05) is 47.1 Å². The van der Waals surface area contributed by atoms with Gasteiger partial charge in [0, 0.05) is 27.2 Å². The summed E-state index contributed by atoms with van der Waals surface area (Å²) in [6, 6.07) is 12.1. The summed E-state index contributed by atoms with van der Waals surface area (Å²) in [5.41, 5.74) is 1.46. The van der Waals surface area contributed by atoms with Crippen molar-refractivity contribution in [3.05, 3.63) is 58.1 Å². The maximum atomic E-state index is 12.5. The molecular weight excluding hydrogens is 323 g/mol. The highest BCUT2D eigenvalue weighted by Crippen LogP contribution is 2.32. The van der Waals surface area contributed by atoms with Crippen LogP contribution in [0.3, 0.4) is 0 Å². The second kappa shape index (κ2) is 7.16. The summed E-state index contributed by atoms with van der Waals surface area (Å²) in [7, 11) is 0. The molecule has 0 amide bonds. The van der Waals surface area contributed by atoms with Gasteiger partial charge in [-0.25, -0.2) is 0 Å². The summed E-state index contributed by atoms with van der Waals surface area (Å²) >= 11 is 12.5. The van der Waals surface area contributed by atoms with Gasteiger partial charge in [0.1, 0.15) is 0 Å². The lowest BCUT2D eigenvalue weighted by Crippen LogP contribution is -2.01. The Labute approximate surface area is 130 Å². The van der Waals surface area contributed by atoms with Crippen molar-refractivity contribution < 1.29 is 8.78 Å². The summed E-state index contributed by atoms with van der Waals surface area (Å²) in [6.07, 6.45) is 0. The third-order valence-electron chi connectivity index (χ3n) is 2.58. The van der Waals surface area contributed by atoms with Crippen molar-refractivity contribution in [2.45, 2.75) is 17.2 Å². The lowest BCUT2D eigenvalue weighted by Gasteiger charge is -2.12. The average molecular weight is 334 g/mol. The molecule has 6 heteroatoms. The summed E-state index contributed by atoms with van der Waals surface area (Å²) < 4.78 is 25.0. The molecule has 0 saturated heterocycles. The molecule has 106 valence electrons. The zero-order chi connectivity index (χ0) is 14.5. The van der Waals surface area contributed by atoms with E-state index in [1.807, 2.05) is 0 Å². The first kappa shape index (κ1) is 15.4. The molecule has 2 aromatic rings. The molecule has 0 unspecified atom stereocenters.